The number of amides is 3. The molecule has 0 radical (unpaired) electrons. The number of hydrogen-bond acceptors (Lipinski definition) is 4. The van der Waals surface area contributed by atoms with E-state index in [-0.39, 0.29) is 23.8 Å². The summed E-state index contributed by atoms with van der Waals surface area (Å²) in [6.07, 6.45) is 10.3. The zero-order valence-corrected chi connectivity index (χ0v) is 20.6. The van der Waals surface area contributed by atoms with E-state index in [0.29, 0.717) is 48.8 Å². The Kier molecular flexibility index (Phi) is 6.59. The van der Waals surface area contributed by atoms with Gasteiger partial charge in [0, 0.05) is 12.8 Å². The number of imide groups is 1. The molecule has 2 aliphatic heterocycles. The molecule has 2 heterocycles. The van der Waals surface area contributed by atoms with Crippen molar-refractivity contribution < 1.29 is 23.7 Å². The van der Waals surface area contributed by atoms with E-state index in [0.717, 1.165) is 36.8 Å². The summed E-state index contributed by atoms with van der Waals surface area (Å²) in [6.45, 7) is 5.77. The Morgan fingerprint density at radius 3 is 2.50 bits per heavy atom. The number of hydrogen-bond donors (Lipinski definition) is 0. The summed E-state index contributed by atoms with van der Waals surface area (Å²) >= 11 is 0. The van der Waals surface area contributed by atoms with Gasteiger partial charge in [0.25, 0.3) is 11.8 Å². The molecule has 2 saturated carbocycles. The Morgan fingerprint density at radius 2 is 1.74 bits per heavy atom. The molecule has 0 N–H and O–H groups in total. The molecule has 0 spiro atoms. The molecule has 3 fully saturated rings. The zero-order valence-electron chi connectivity index (χ0n) is 20.6. The molecule has 1 aromatic carbocycles. The van der Waals surface area contributed by atoms with E-state index < -0.39 is 0 Å². The number of carbonyl (C=O) groups is 3. The second-order valence-electron chi connectivity index (χ2n) is 10.8. The highest BCUT2D eigenvalue weighted by molar-refractivity contribution is 6.21. The highest BCUT2D eigenvalue weighted by Crippen LogP contribution is 2.35. The number of piperidine rings is 1. The standard InChI is InChI=1S/C28H37N2O4/c1-3-20-7-6-19(5-4-18(20)2)14-15-34-23-11-12-24-25(16-23)28(33)30(27(24)32)22-10-13-26(31)29(17-22)21-8-9-21/h11-12,16,18-20,22H,3-10,13-15,17H2,1-2H3/q+1. The molecule has 6 heteroatoms. The molecular formula is C28H37N2O4+. The van der Waals surface area contributed by atoms with Gasteiger partial charge in [-0.2, -0.15) is 4.58 Å². The predicted molar refractivity (Wildman–Crippen MR) is 129 cm³/mol. The third-order valence-corrected chi connectivity index (χ3v) is 8.60. The first-order chi connectivity index (χ1) is 16.5. The number of ether oxygens (including phenoxy) is 1. The first kappa shape index (κ1) is 23.3. The van der Waals surface area contributed by atoms with E-state index in [1.54, 1.807) is 16.7 Å². The Morgan fingerprint density at radius 1 is 0.971 bits per heavy atom. The van der Waals surface area contributed by atoms with Gasteiger partial charge in [-0.05, 0) is 55.2 Å². The summed E-state index contributed by atoms with van der Waals surface area (Å²) < 4.78 is 7.85. The zero-order chi connectivity index (χ0) is 23.8. The summed E-state index contributed by atoms with van der Waals surface area (Å²) in [4.78, 5) is 39.9. The van der Waals surface area contributed by atoms with Crippen LogP contribution in [0.25, 0.3) is 0 Å². The molecule has 0 aromatic heterocycles. The maximum absolute atomic E-state index is 13.2. The quantitative estimate of drug-likeness (QED) is 0.343. The molecule has 1 aromatic rings. The van der Waals surface area contributed by atoms with Crippen molar-refractivity contribution in [1.82, 2.24) is 4.90 Å². The monoisotopic (exact) mass is 465 g/mol. The van der Waals surface area contributed by atoms with Crippen molar-refractivity contribution in [2.75, 3.05) is 13.2 Å². The third-order valence-electron chi connectivity index (χ3n) is 8.60. The van der Waals surface area contributed by atoms with Crippen LogP contribution in [0.15, 0.2) is 18.2 Å². The summed E-state index contributed by atoms with van der Waals surface area (Å²) in [5, 5.41) is 0. The molecule has 3 amide bonds. The largest absolute Gasteiger partial charge is 0.494 e. The molecule has 6 nitrogen and oxygen atoms in total. The topological polar surface area (TPSA) is 66.7 Å². The van der Waals surface area contributed by atoms with Crippen LogP contribution < -0.4 is 4.74 Å². The molecule has 182 valence electrons. The average molecular weight is 466 g/mol. The minimum atomic E-state index is -0.257. The van der Waals surface area contributed by atoms with Crippen molar-refractivity contribution in [3.63, 3.8) is 0 Å². The van der Waals surface area contributed by atoms with Crippen molar-refractivity contribution in [3.8, 4) is 5.75 Å². The van der Waals surface area contributed by atoms with Crippen molar-refractivity contribution in [3.05, 3.63) is 29.3 Å². The van der Waals surface area contributed by atoms with Gasteiger partial charge in [-0.3, -0.25) is 14.5 Å². The highest BCUT2D eigenvalue weighted by atomic mass is 16.5. The first-order valence-corrected chi connectivity index (χ1v) is 13.3. The summed E-state index contributed by atoms with van der Waals surface area (Å²) in [5.74, 6) is 2.64. The molecule has 5 rings (SSSR count). The molecule has 4 unspecified atom stereocenters. The summed E-state index contributed by atoms with van der Waals surface area (Å²) in [6, 6.07) is 5.02. The number of nitrogens with zero attached hydrogens (tertiary/aromatic N) is 2. The number of carbonyl (C=O) groups excluding carboxylic acids is 3. The highest BCUT2D eigenvalue weighted by Gasteiger charge is 2.46. The fourth-order valence-electron chi connectivity index (χ4n) is 6.18. The van der Waals surface area contributed by atoms with Crippen LogP contribution in [0.5, 0.6) is 5.75 Å². The van der Waals surface area contributed by atoms with Crippen LogP contribution in [-0.2, 0) is 4.79 Å². The average Bonchev–Trinajstić information content (AvgIpc) is 3.66. The lowest BCUT2D eigenvalue weighted by Crippen LogP contribution is -2.49. The first-order valence-electron chi connectivity index (χ1n) is 13.3. The molecule has 1 saturated heterocycles. The van der Waals surface area contributed by atoms with Gasteiger partial charge in [0.15, 0.2) is 12.3 Å². The lowest BCUT2D eigenvalue weighted by molar-refractivity contribution is -0.460. The van der Waals surface area contributed by atoms with Crippen LogP contribution in [0.1, 0.15) is 98.8 Å². The van der Waals surface area contributed by atoms with Crippen LogP contribution in [-0.4, -0.2) is 52.1 Å². The fourth-order valence-corrected chi connectivity index (χ4v) is 6.18. The van der Waals surface area contributed by atoms with E-state index in [2.05, 4.69) is 13.8 Å². The van der Waals surface area contributed by atoms with Gasteiger partial charge in [-0.25, -0.2) is 4.79 Å². The minimum Gasteiger partial charge on any atom is -0.494 e. The smallest absolute Gasteiger partial charge is 0.386 e. The second-order valence-corrected chi connectivity index (χ2v) is 10.8. The minimum absolute atomic E-state index is 0.115. The number of benzene rings is 1. The van der Waals surface area contributed by atoms with E-state index >= 15 is 0 Å². The van der Waals surface area contributed by atoms with E-state index in [4.69, 9.17) is 4.74 Å². The molecule has 34 heavy (non-hydrogen) atoms. The third kappa shape index (κ3) is 4.56. The van der Waals surface area contributed by atoms with Gasteiger partial charge in [-0.1, -0.05) is 39.5 Å². The van der Waals surface area contributed by atoms with Crippen molar-refractivity contribution in [2.45, 2.75) is 84.1 Å². The van der Waals surface area contributed by atoms with Crippen LogP contribution in [0.3, 0.4) is 0 Å². The van der Waals surface area contributed by atoms with Gasteiger partial charge in [0.2, 0.25) is 0 Å². The molecule has 0 bridgehead atoms. The van der Waals surface area contributed by atoms with E-state index in [1.165, 1.54) is 37.0 Å². The Labute approximate surface area is 202 Å². The van der Waals surface area contributed by atoms with Crippen LogP contribution in [0.4, 0.5) is 0 Å². The van der Waals surface area contributed by atoms with Gasteiger partial charge in [-0.15, -0.1) is 0 Å². The molecule has 4 aliphatic rings. The molecular weight excluding hydrogens is 428 g/mol. The van der Waals surface area contributed by atoms with Crippen LogP contribution in [0.2, 0.25) is 0 Å². The van der Waals surface area contributed by atoms with Gasteiger partial charge >= 0.3 is 5.91 Å². The lowest BCUT2D eigenvalue weighted by Gasteiger charge is -2.26. The van der Waals surface area contributed by atoms with Gasteiger partial charge in [0.05, 0.1) is 24.2 Å². The second kappa shape index (κ2) is 9.63. The lowest BCUT2D eigenvalue weighted by atomic mass is 9.88. The van der Waals surface area contributed by atoms with Crippen molar-refractivity contribution >= 4 is 23.4 Å². The van der Waals surface area contributed by atoms with Gasteiger partial charge in [0.1, 0.15) is 11.8 Å². The summed E-state index contributed by atoms with van der Waals surface area (Å²) in [5.41, 5.74) is 2.01. The van der Waals surface area contributed by atoms with E-state index in [1.807, 2.05) is 6.07 Å². The summed E-state index contributed by atoms with van der Waals surface area (Å²) in [7, 11) is 0. The maximum Gasteiger partial charge on any atom is 0.386 e. The van der Waals surface area contributed by atoms with Crippen molar-refractivity contribution in [2.24, 2.45) is 17.8 Å². The van der Waals surface area contributed by atoms with E-state index in [9.17, 15) is 14.4 Å². The Hall–Kier alpha value is -2.50. The van der Waals surface area contributed by atoms with Crippen LogP contribution >= 0.6 is 0 Å². The predicted octanol–water partition coefficient (Wildman–Crippen LogP) is 4.84. The van der Waals surface area contributed by atoms with Crippen LogP contribution in [0, 0.1) is 17.8 Å². The number of fused-ring (bicyclic) bond motifs is 1. The Balaban J connectivity index is 1.20. The van der Waals surface area contributed by atoms with Gasteiger partial charge < -0.3 is 4.74 Å². The fraction of sp³-hybridized carbons (Fsp3) is 0.643. The molecule has 4 atom stereocenters. The maximum atomic E-state index is 13.2. The normalized spacial score (nSPS) is 29.4. The molecule has 2 aliphatic carbocycles. The number of rotatable bonds is 6. The van der Waals surface area contributed by atoms with Crippen molar-refractivity contribution in [1.29, 1.82) is 0 Å². The Bertz CT molecular complexity index is 1020. The SMILES string of the molecule is CCC1CCC(CCOc2ccc3c(c2)C(=O)N(C2CCC(=O)[N+](=C4CC4)C2)C3=O)CCC1C.